The van der Waals surface area contributed by atoms with Gasteiger partial charge in [0, 0.05) is 5.02 Å². The standard InChI is InChI=1S/C13H15ClN2/c14-12-3-1-10(2-4-12)13(9-15)11-5-7-16-8-6-11/h1-4,11,13,16H,5-8H2. The molecule has 1 aliphatic rings. The number of nitrogens with one attached hydrogen (secondary N) is 1. The minimum atomic E-state index is 0.0133. The van der Waals surface area contributed by atoms with E-state index in [0.717, 1.165) is 36.5 Å². The lowest BCUT2D eigenvalue weighted by Crippen LogP contribution is -2.30. The molecule has 16 heavy (non-hydrogen) atoms. The van der Waals surface area contributed by atoms with Crippen LogP contribution in [0.1, 0.15) is 24.3 Å². The SMILES string of the molecule is N#CC(c1ccc(Cl)cc1)C1CCNCC1. The third-order valence-corrected chi connectivity index (χ3v) is 3.48. The summed E-state index contributed by atoms with van der Waals surface area (Å²) in [7, 11) is 0. The molecule has 3 heteroatoms. The van der Waals surface area contributed by atoms with Crippen LogP contribution in [0.2, 0.25) is 5.02 Å². The van der Waals surface area contributed by atoms with Crippen molar-refractivity contribution in [3.63, 3.8) is 0 Å². The minimum absolute atomic E-state index is 0.0133. The van der Waals surface area contributed by atoms with Crippen molar-refractivity contribution in [3.05, 3.63) is 34.9 Å². The van der Waals surface area contributed by atoms with Crippen molar-refractivity contribution in [3.8, 4) is 6.07 Å². The Morgan fingerprint density at radius 3 is 2.44 bits per heavy atom. The molecule has 1 aromatic rings. The molecule has 84 valence electrons. The molecule has 1 heterocycles. The van der Waals surface area contributed by atoms with Crippen molar-refractivity contribution >= 4 is 11.6 Å². The normalized spacial score (nSPS) is 19.0. The van der Waals surface area contributed by atoms with Gasteiger partial charge in [-0.15, -0.1) is 0 Å². The number of hydrogen-bond donors (Lipinski definition) is 1. The fourth-order valence-corrected chi connectivity index (χ4v) is 2.43. The van der Waals surface area contributed by atoms with Crippen LogP contribution in [0.4, 0.5) is 0 Å². The summed E-state index contributed by atoms with van der Waals surface area (Å²) in [6, 6.07) is 10.1. The monoisotopic (exact) mass is 234 g/mol. The summed E-state index contributed by atoms with van der Waals surface area (Å²) in [5, 5.41) is 13.3. The smallest absolute Gasteiger partial charge is 0.0741 e. The predicted molar refractivity (Wildman–Crippen MR) is 65.4 cm³/mol. The topological polar surface area (TPSA) is 35.8 Å². The molecule has 0 aromatic heterocycles. The van der Waals surface area contributed by atoms with Gasteiger partial charge in [0.25, 0.3) is 0 Å². The quantitative estimate of drug-likeness (QED) is 0.854. The summed E-state index contributed by atoms with van der Waals surface area (Å²) in [5.74, 6) is 0.492. The van der Waals surface area contributed by atoms with Crippen molar-refractivity contribution in [2.45, 2.75) is 18.8 Å². The molecule has 1 N–H and O–H groups in total. The molecule has 1 aromatic carbocycles. The average Bonchev–Trinajstić information content (AvgIpc) is 2.34. The van der Waals surface area contributed by atoms with Crippen LogP contribution in [0.25, 0.3) is 0 Å². The van der Waals surface area contributed by atoms with Gasteiger partial charge in [-0.3, -0.25) is 0 Å². The van der Waals surface area contributed by atoms with E-state index in [0.29, 0.717) is 5.92 Å². The molecular weight excluding hydrogens is 220 g/mol. The van der Waals surface area contributed by atoms with Gasteiger partial charge in [-0.25, -0.2) is 0 Å². The van der Waals surface area contributed by atoms with E-state index in [1.165, 1.54) is 0 Å². The Hall–Kier alpha value is -1.04. The molecule has 1 saturated heterocycles. The van der Waals surface area contributed by atoms with Crippen molar-refractivity contribution in [1.82, 2.24) is 5.32 Å². The molecule has 0 aliphatic carbocycles. The number of benzene rings is 1. The van der Waals surface area contributed by atoms with Crippen LogP contribution >= 0.6 is 11.6 Å². The summed E-state index contributed by atoms with van der Waals surface area (Å²) in [4.78, 5) is 0. The lowest BCUT2D eigenvalue weighted by molar-refractivity contribution is 0.351. The van der Waals surface area contributed by atoms with Gasteiger partial charge in [-0.2, -0.15) is 5.26 Å². The Morgan fingerprint density at radius 2 is 1.88 bits per heavy atom. The van der Waals surface area contributed by atoms with E-state index in [2.05, 4.69) is 11.4 Å². The summed E-state index contributed by atoms with van der Waals surface area (Å²) in [5.41, 5.74) is 1.10. The molecule has 0 bridgehead atoms. The molecule has 0 saturated carbocycles. The highest BCUT2D eigenvalue weighted by Gasteiger charge is 2.24. The minimum Gasteiger partial charge on any atom is -0.317 e. The first-order valence-corrected chi connectivity index (χ1v) is 6.05. The molecule has 0 amide bonds. The first kappa shape index (κ1) is 11.4. The second kappa shape index (κ2) is 5.34. The summed E-state index contributed by atoms with van der Waals surface area (Å²) in [6.45, 7) is 2.05. The van der Waals surface area contributed by atoms with Crippen molar-refractivity contribution < 1.29 is 0 Å². The molecule has 2 nitrogen and oxygen atoms in total. The number of piperidine rings is 1. The average molecular weight is 235 g/mol. The first-order chi connectivity index (χ1) is 7.81. The van der Waals surface area contributed by atoms with Crippen LogP contribution in [0.3, 0.4) is 0 Å². The fourth-order valence-electron chi connectivity index (χ4n) is 2.30. The molecule has 1 fully saturated rings. The molecule has 1 aliphatic heterocycles. The van der Waals surface area contributed by atoms with E-state index >= 15 is 0 Å². The highest BCUT2D eigenvalue weighted by molar-refractivity contribution is 6.30. The van der Waals surface area contributed by atoms with Crippen molar-refractivity contribution in [2.75, 3.05) is 13.1 Å². The molecule has 1 unspecified atom stereocenters. The van der Waals surface area contributed by atoms with E-state index < -0.39 is 0 Å². The van der Waals surface area contributed by atoms with Crippen molar-refractivity contribution in [1.29, 1.82) is 5.26 Å². The maximum Gasteiger partial charge on any atom is 0.0741 e. The molecular formula is C13H15ClN2. The van der Waals surface area contributed by atoms with Crippen LogP contribution < -0.4 is 5.32 Å². The molecule has 0 spiro atoms. The fraction of sp³-hybridized carbons (Fsp3) is 0.462. The zero-order chi connectivity index (χ0) is 11.4. The van der Waals surface area contributed by atoms with Gasteiger partial charge in [-0.05, 0) is 49.5 Å². The van der Waals surface area contributed by atoms with Crippen LogP contribution in [-0.2, 0) is 0 Å². The highest BCUT2D eigenvalue weighted by atomic mass is 35.5. The molecule has 1 atom stereocenters. The zero-order valence-corrected chi connectivity index (χ0v) is 9.87. The van der Waals surface area contributed by atoms with Crippen molar-refractivity contribution in [2.24, 2.45) is 5.92 Å². The van der Waals surface area contributed by atoms with E-state index in [1.807, 2.05) is 24.3 Å². The van der Waals surface area contributed by atoms with Gasteiger partial charge in [0.15, 0.2) is 0 Å². The third-order valence-electron chi connectivity index (χ3n) is 3.22. The molecule has 0 radical (unpaired) electrons. The van der Waals surface area contributed by atoms with Gasteiger partial charge in [0.2, 0.25) is 0 Å². The van der Waals surface area contributed by atoms with Crippen LogP contribution in [-0.4, -0.2) is 13.1 Å². The third kappa shape index (κ3) is 2.55. The van der Waals surface area contributed by atoms with Gasteiger partial charge in [0.1, 0.15) is 0 Å². The summed E-state index contributed by atoms with van der Waals surface area (Å²) in [6.07, 6.45) is 2.17. The van der Waals surface area contributed by atoms with Gasteiger partial charge in [-0.1, -0.05) is 23.7 Å². The Balaban J connectivity index is 2.15. The first-order valence-electron chi connectivity index (χ1n) is 5.67. The van der Waals surface area contributed by atoms with Gasteiger partial charge in [0.05, 0.1) is 12.0 Å². The lowest BCUT2D eigenvalue weighted by Gasteiger charge is -2.26. The Kier molecular flexibility index (Phi) is 3.82. The predicted octanol–water partition coefficient (Wildman–Crippen LogP) is 2.95. The largest absolute Gasteiger partial charge is 0.317 e. The second-order valence-corrected chi connectivity index (χ2v) is 4.68. The van der Waals surface area contributed by atoms with Crippen LogP contribution in [0.15, 0.2) is 24.3 Å². The lowest BCUT2D eigenvalue weighted by atomic mass is 9.81. The van der Waals surface area contributed by atoms with Crippen LogP contribution in [0, 0.1) is 17.2 Å². The zero-order valence-electron chi connectivity index (χ0n) is 9.12. The van der Waals surface area contributed by atoms with E-state index in [-0.39, 0.29) is 5.92 Å². The molecule has 2 rings (SSSR count). The number of halogens is 1. The maximum atomic E-state index is 9.30. The maximum absolute atomic E-state index is 9.30. The second-order valence-electron chi connectivity index (χ2n) is 4.25. The Labute approximate surface area is 101 Å². The van der Waals surface area contributed by atoms with E-state index in [4.69, 9.17) is 11.6 Å². The number of rotatable bonds is 2. The number of nitriles is 1. The van der Waals surface area contributed by atoms with Gasteiger partial charge >= 0.3 is 0 Å². The van der Waals surface area contributed by atoms with E-state index in [9.17, 15) is 5.26 Å². The highest BCUT2D eigenvalue weighted by Crippen LogP contribution is 2.30. The number of hydrogen-bond acceptors (Lipinski definition) is 2. The number of nitrogens with zero attached hydrogens (tertiary/aromatic N) is 1. The Morgan fingerprint density at radius 1 is 1.25 bits per heavy atom. The van der Waals surface area contributed by atoms with Gasteiger partial charge < -0.3 is 5.32 Å². The summed E-state index contributed by atoms with van der Waals surface area (Å²) >= 11 is 5.85. The summed E-state index contributed by atoms with van der Waals surface area (Å²) < 4.78 is 0. The van der Waals surface area contributed by atoms with E-state index in [1.54, 1.807) is 0 Å². The Bertz CT molecular complexity index is 374. The van der Waals surface area contributed by atoms with Crippen LogP contribution in [0.5, 0.6) is 0 Å².